The maximum atomic E-state index is 14.4. The first kappa shape index (κ1) is 25.8. The van der Waals surface area contributed by atoms with Gasteiger partial charge in [-0.1, -0.05) is 129 Å². The van der Waals surface area contributed by atoms with Gasteiger partial charge in [-0.25, -0.2) is 0 Å². The smallest absolute Gasteiger partial charge is 0.234 e. The summed E-state index contributed by atoms with van der Waals surface area (Å²) in [6.45, 7) is 3.97. The number of amides is 2. The minimum Gasteiger partial charge on any atom is -0.298 e. The Hall–Kier alpha value is -4.31. The number of hydrogen-bond acceptors (Lipinski definition) is 3. The second-order valence-corrected chi connectivity index (χ2v) is 9.21. The average Bonchev–Trinajstić information content (AvgIpc) is 2.97. The second-order valence-electron chi connectivity index (χ2n) is 9.21. The van der Waals surface area contributed by atoms with E-state index in [9.17, 15) is 14.4 Å². The summed E-state index contributed by atoms with van der Waals surface area (Å²) in [7, 11) is 0. The maximum absolute atomic E-state index is 14.4. The number of benzene rings is 4. The van der Waals surface area contributed by atoms with E-state index in [0.717, 1.165) is 28.5 Å². The van der Waals surface area contributed by atoms with Crippen LogP contribution in [0, 0.1) is 5.92 Å². The molecule has 4 rings (SSSR count). The van der Waals surface area contributed by atoms with Crippen molar-refractivity contribution in [1.82, 2.24) is 4.90 Å². The molecule has 2 unspecified atom stereocenters. The van der Waals surface area contributed by atoms with Gasteiger partial charge in [-0.2, -0.15) is 0 Å². The van der Waals surface area contributed by atoms with Crippen molar-refractivity contribution < 1.29 is 14.4 Å². The number of aldehydes is 1. The van der Waals surface area contributed by atoms with Gasteiger partial charge in [-0.3, -0.25) is 19.3 Å². The molecule has 0 aliphatic rings. The van der Waals surface area contributed by atoms with Crippen molar-refractivity contribution in [3.63, 3.8) is 0 Å². The van der Waals surface area contributed by atoms with Crippen LogP contribution in [0.2, 0.25) is 0 Å². The van der Waals surface area contributed by atoms with Gasteiger partial charge in [-0.15, -0.1) is 0 Å². The fraction of sp³-hybridized carbons (Fsp3) is 0.182. The van der Waals surface area contributed by atoms with Gasteiger partial charge in [0.1, 0.15) is 11.8 Å². The summed E-state index contributed by atoms with van der Waals surface area (Å²) >= 11 is 0. The fourth-order valence-electron chi connectivity index (χ4n) is 5.28. The summed E-state index contributed by atoms with van der Waals surface area (Å²) in [4.78, 5) is 40.0. The number of rotatable bonds is 10. The Morgan fingerprint density at radius 1 is 0.730 bits per heavy atom. The normalized spacial score (nSPS) is 12.8. The lowest BCUT2D eigenvalue weighted by atomic mass is 9.74. The first-order chi connectivity index (χ1) is 18.1. The number of nitrogens with zero attached hydrogens (tertiary/aromatic N) is 1. The molecular formula is C33H31NO3. The van der Waals surface area contributed by atoms with Crippen molar-refractivity contribution in [3.8, 4) is 0 Å². The highest BCUT2D eigenvalue weighted by atomic mass is 16.2. The molecule has 0 N–H and O–H groups in total. The molecule has 2 atom stereocenters. The van der Waals surface area contributed by atoms with Gasteiger partial charge in [-0.05, 0) is 34.6 Å². The van der Waals surface area contributed by atoms with Crippen LogP contribution in [0.4, 0.5) is 0 Å². The number of hydrogen-bond donors (Lipinski definition) is 0. The third-order valence-electron chi connectivity index (χ3n) is 7.24. The lowest BCUT2D eigenvalue weighted by Gasteiger charge is -2.44. The van der Waals surface area contributed by atoms with Gasteiger partial charge < -0.3 is 0 Å². The van der Waals surface area contributed by atoms with Crippen LogP contribution in [0.3, 0.4) is 0 Å². The Bertz CT molecular complexity index is 1220. The molecule has 0 spiro atoms. The van der Waals surface area contributed by atoms with Gasteiger partial charge in [0, 0.05) is 11.5 Å². The van der Waals surface area contributed by atoms with Gasteiger partial charge in [0.25, 0.3) is 0 Å². The van der Waals surface area contributed by atoms with Crippen LogP contribution in [-0.2, 0) is 15.1 Å². The molecule has 4 aromatic rings. The van der Waals surface area contributed by atoms with Crippen molar-refractivity contribution >= 4 is 18.6 Å². The Balaban J connectivity index is 1.91. The molecule has 4 aromatic carbocycles. The summed E-state index contributed by atoms with van der Waals surface area (Å²) < 4.78 is 0. The third-order valence-corrected chi connectivity index (χ3v) is 7.24. The summed E-state index contributed by atoms with van der Waals surface area (Å²) in [6, 6.07) is 36.4. The molecule has 0 radical (unpaired) electrons. The lowest BCUT2D eigenvalue weighted by Crippen LogP contribution is -2.53. The summed E-state index contributed by atoms with van der Waals surface area (Å²) in [5.41, 5.74) is 2.85. The quantitative estimate of drug-likeness (QED) is 0.186. The summed E-state index contributed by atoms with van der Waals surface area (Å²) in [6.07, 6.45) is 2.04. The molecule has 0 heterocycles. The first-order valence-electron chi connectivity index (χ1n) is 12.6. The Morgan fingerprint density at radius 2 is 1.16 bits per heavy atom. The number of carbonyl (C=O) groups excluding carboxylic acids is 3. The predicted octanol–water partition coefficient (Wildman–Crippen LogP) is 6.61. The topological polar surface area (TPSA) is 54.5 Å². The van der Waals surface area contributed by atoms with Crippen LogP contribution in [0.1, 0.15) is 58.8 Å². The zero-order valence-corrected chi connectivity index (χ0v) is 21.2. The molecule has 0 aliphatic carbocycles. The molecule has 0 fully saturated rings. The minimum absolute atomic E-state index is 0.166. The van der Waals surface area contributed by atoms with E-state index in [2.05, 4.69) is 0 Å². The third kappa shape index (κ3) is 4.88. The molecule has 0 aliphatic heterocycles. The highest BCUT2D eigenvalue weighted by Gasteiger charge is 2.46. The van der Waals surface area contributed by atoms with Crippen molar-refractivity contribution in [2.24, 2.45) is 5.92 Å². The zero-order chi connectivity index (χ0) is 26.3. The molecule has 186 valence electrons. The van der Waals surface area contributed by atoms with E-state index in [1.807, 2.05) is 117 Å². The zero-order valence-electron chi connectivity index (χ0n) is 21.2. The highest BCUT2D eigenvalue weighted by molar-refractivity contribution is 5.91. The van der Waals surface area contributed by atoms with Crippen molar-refractivity contribution in [2.45, 2.75) is 31.7 Å². The SMILES string of the molecule is CCC(C(=O)N(C=O)C(c1ccccc1)(c1ccccc1)c1ccccc1)C(C)c1ccc(C=O)cc1. The number of carbonyl (C=O) groups is 3. The van der Waals surface area contributed by atoms with Crippen LogP contribution in [-0.4, -0.2) is 23.5 Å². The van der Waals surface area contributed by atoms with Crippen LogP contribution in [0.5, 0.6) is 0 Å². The molecular weight excluding hydrogens is 458 g/mol. The Morgan fingerprint density at radius 3 is 1.51 bits per heavy atom. The largest absolute Gasteiger partial charge is 0.298 e. The number of imide groups is 1. The van der Waals surface area contributed by atoms with Gasteiger partial charge in [0.15, 0.2) is 0 Å². The van der Waals surface area contributed by atoms with E-state index in [1.165, 1.54) is 4.90 Å². The van der Waals surface area contributed by atoms with E-state index < -0.39 is 11.5 Å². The van der Waals surface area contributed by atoms with Crippen LogP contribution in [0.25, 0.3) is 0 Å². The minimum atomic E-state index is -1.16. The maximum Gasteiger partial charge on any atom is 0.234 e. The van der Waals surface area contributed by atoms with E-state index in [0.29, 0.717) is 18.4 Å². The molecule has 0 saturated heterocycles. The molecule has 37 heavy (non-hydrogen) atoms. The van der Waals surface area contributed by atoms with E-state index in [-0.39, 0.29) is 11.8 Å². The lowest BCUT2D eigenvalue weighted by molar-refractivity contribution is -0.146. The Kier molecular flexibility index (Phi) is 8.09. The summed E-state index contributed by atoms with van der Waals surface area (Å²) in [5, 5.41) is 0. The summed E-state index contributed by atoms with van der Waals surface area (Å²) in [5.74, 6) is -0.871. The highest BCUT2D eigenvalue weighted by Crippen LogP contribution is 2.43. The Labute approximate surface area is 218 Å². The van der Waals surface area contributed by atoms with Crippen molar-refractivity contribution in [3.05, 3.63) is 143 Å². The fourth-order valence-corrected chi connectivity index (χ4v) is 5.28. The molecule has 0 aromatic heterocycles. The molecule has 4 nitrogen and oxygen atoms in total. The van der Waals surface area contributed by atoms with Gasteiger partial charge >= 0.3 is 0 Å². The molecule has 2 amide bonds. The van der Waals surface area contributed by atoms with Crippen LogP contribution < -0.4 is 0 Å². The van der Waals surface area contributed by atoms with E-state index in [1.54, 1.807) is 12.1 Å². The van der Waals surface area contributed by atoms with Gasteiger partial charge in [0.2, 0.25) is 12.3 Å². The van der Waals surface area contributed by atoms with Crippen LogP contribution in [0.15, 0.2) is 115 Å². The van der Waals surface area contributed by atoms with Crippen molar-refractivity contribution in [1.29, 1.82) is 0 Å². The van der Waals surface area contributed by atoms with Crippen LogP contribution >= 0.6 is 0 Å². The molecule has 0 saturated carbocycles. The van der Waals surface area contributed by atoms with E-state index in [4.69, 9.17) is 0 Å². The van der Waals surface area contributed by atoms with Crippen molar-refractivity contribution in [2.75, 3.05) is 0 Å². The van der Waals surface area contributed by atoms with E-state index >= 15 is 0 Å². The molecule has 0 bridgehead atoms. The van der Waals surface area contributed by atoms with Gasteiger partial charge in [0.05, 0.1) is 0 Å². The molecule has 4 heteroatoms. The standard InChI is InChI=1S/C33H31NO3/c1-3-31(25(2)27-21-19-26(23-35)20-22-27)32(37)34(24-36)33(28-13-7-4-8-14-28,29-15-9-5-10-16-29)30-17-11-6-12-18-30/h4-25,31H,3H2,1-2H3. The monoisotopic (exact) mass is 489 g/mol. The second kappa shape index (κ2) is 11.6. The predicted molar refractivity (Wildman–Crippen MR) is 146 cm³/mol. The average molecular weight is 490 g/mol. The first-order valence-corrected chi connectivity index (χ1v) is 12.6.